The molecule has 1 aliphatic rings. The Morgan fingerprint density at radius 3 is 2.37 bits per heavy atom. The molecule has 2 unspecified atom stereocenters. The van der Waals surface area contributed by atoms with Crippen LogP contribution in [-0.4, -0.2) is 42.1 Å². The molecule has 0 amide bonds. The minimum Gasteiger partial charge on any atom is -0.392 e. The third kappa shape index (κ3) is 4.91. The molecule has 0 radical (unpaired) electrons. The van der Waals surface area contributed by atoms with Gasteiger partial charge in [0, 0.05) is 36.5 Å². The largest absolute Gasteiger partial charge is 0.392 e. The number of hydrogen-bond acceptors (Lipinski definition) is 5. The van der Waals surface area contributed by atoms with E-state index in [4.69, 9.17) is 0 Å². The molecule has 2 atom stereocenters. The normalized spacial score (nSPS) is 19.3. The van der Waals surface area contributed by atoms with Crippen molar-refractivity contribution in [3.63, 3.8) is 0 Å². The van der Waals surface area contributed by atoms with Crippen molar-refractivity contribution in [2.24, 2.45) is 0 Å². The Labute approximate surface area is 170 Å². The van der Waals surface area contributed by atoms with Gasteiger partial charge in [-0.3, -0.25) is 0 Å². The van der Waals surface area contributed by atoms with E-state index in [1.165, 1.54) is 0 Å². The van der Waals surface area contributed by atoms with Gasteiger partial charge >= 0.3 is 0 Å². The van der Waals surface area contributed by atoms with Crippen molar-refractivity contribution in [1.29, 1.82) is 0 Å². The molecule has 2 aromatic carbocycles. The molecule has 3 N–H and O–H groups in total. The summed E-state index contributed by atoms with van der Waals surface area (Å²) in [5.74, 6) is -5.63. The van der Waals surface area contributed by atoms with Crippen molar-refractivity contribution in [2.75, 3.05) is 18.4 Å². The molecule has 0 spiro atoms. The van der Waals surface area contributed by atoms with Crippen LogP contribution >= 0.6 is 0 Å². The van der Waals surface area contributed by atoms with Crippen LogP contribution in [0.5, 0.6) is 0 Å². The monoisotopic (exact) mass is 448 g/mol. The molecule has 1 saturated heterocycles. The Balaban J connectivity index is 1.89. The predicted molar refractivity (Wildman–Crippen MR) is 99.9 cm³/mol. The molecule has 30 heavy (non-hydrogen) atoms. The number of nitrogens with one attached hydrogen (secondary N) is 1. The van der Waals surface area contributed by atoms with Crippen LogP contribution in [0.4, 0.5) is 23.2 Å². The van der Waals surface area contributed by atoms with Crippen LogP contribution in [0.3, 0.4) is 0 Å². The Morgan fingerprint density at radius 2 is 1.70 bits per heavy atom. The molecule has 11 heteroatoms. The van der Waals surface area contributed by atoms with Gasteiger partial charge in [0.2, 0.25) is 10.0 Å². The van der Waals surface area contributed by atoms with Crippen molar-refractivity contribution >= 4 is 15.7 Å². The summed E-state index contributed by atoms with van der Waals surface area (Å²) >= 11 is 0. The third-order valence-corrected chi connectivity index (χ3v) is 6.59. The van der Waals surface area contributed by atoms with E-state index in [1.807, 2.05) is 0 Å². The van der Waals surface area contributed by atoms with Crippen LogP contribution in [-0.2, 0) is 10.0 Å². The number of halogens is 4. The van der Waals surface area contributed by atoms with Gasteiger partial charge in [0.25, 0.3) is 0 Å². The van der Waals surface area contributed by atoms with Gasteiger partial charge in [0.15, 0.2) is 23.7 Å². The van der Waals surface area contributed by atoms with Gasteiger partial charge in [-0.1, -0.05) is 0 Å². The molecule has 1 aliphatic heterocycles. The summed E-state index contributed by atoms with van der Waals surface area (Å²) in [5.41, 5.74) is -0.558. The molecule has 1 fully saturated rings. The fraction of sp³-hybridized carbons (Fsp3) is 0.368. The van der Waals surface area contributed by atoms with E-state index in [2.05, 4.69) is 5.32 Å². The zero-order valence-electron chi connectivity index (χ0n) is 15.7. The van der Waals surface area contributed by atoms with Crippen molar-refractivity contribution in [3.05, 3.63) is 59.2 Å². The summed E-state index contributed by atoms with van der Waals surface area (Å²) < 4.78 is 80.7. The van der Waals surface area contributed by atoms with E-state index >= 15 is 0 Å². The Bertz CT molecular complexity index is 1010. The van der Waals surface area contributed by atoms with Crippen molar-refractivity contribution in [3.8, 4) is 0 Å². The summed E-state index contributed by atoms with van der Waals surface area (Å²) in [6.07, 6.45) is -0.952. The molecule has 0 saturated carbocycles. The second-order valence-electron chi connectivity index (χ2n) is 7.03. The molecule has 0 bridgehead atoms. The van der Waals surface area contributed by atoms with E-state index in [0.29, 0.717) is 31.4 Å². The maximum atomic E-state index is 14.1. The Kier molecular flexibility index (Phi) is 6.65. The summed E-state index contributed by atoms with van der Waals surface area (Å²) in [4.78, 5) is -0.441. The number of β-amino-alcohol motifs (C(OH)–C–C–N with tert-alkyl or cyclic N) is 1. The lowest BCUT2D eigenvalue weighted by Gasteiger charge is -2.23. The zero-order chi connectivity index (χ0) is 22.1. The number of hydrogen-bond donors (Lipinski definition) is 3. The van der Waals surface area contributed by atoms with E-state index in [0.717, 1.165) is 22.5 Å². The molecule has 0 aliphatic carbocycles. The van der Waals surface area contributed by atoms with Crippen LogP contribution in [0, 0.1) is 23.3 Å². The molecular formula is C19H20F4N2O4S. The topological polar surface area (TPSA) is 89.9 Å². The summed E-state index contributed by atoms with van der Waals surface area (Å²) in [6, 6.07) is 3.84. The van der Waals surface area contributed by atoms with Crippen LogP contribution in [0.15, 0.2) is 35.2 Å². The van der Waals surface area contributed by atoms with Crippen LogP contribution in [0.25, 0.3) is 0 Å². The standard InChI is InChI=1S/C19H20F4N2O4S/c20-12-5-11(19(27)24-13-8-16(21)18(23)17(22)9-13)6-15(7-12)30(28,29)25-4-2-1-3-14(26)10-25/h5-9,14,19,24,26-27H,1-4,10H2. The van der Waals surface area contributed by atoms with E-state index < -0.39 is 50.5 Å². The maximum Gasteiger partial charge on any atom is 0.243 e. The Hall–Kier alpha value is -2.21. The van der Waals surface area contributed by atoms with Gasteiger partial charge in [0.05, 0.1) is 11.0 Å². The minimum absolute atomic E-state index is 0.136. The third-order valence-electron chi connectivity index (χ3n) is 4.74. The molecule has 1 heterocycles. The lowest BCUT2D eigenvalue weighted by atomic mass is 10.2. The first-order chi connectivity index (χ1) is 14.1. The predicted octanol–water partition coefficient (Wildman–Crippen LogP) is 2.88. The first-order valence-corrected chi connectivity index (χ1v) is 10.6. The summed E-state index contributed by atoms with van der Waals surface area (Å²) in [6.45, 7) is 0.0172. The van der Waals surface area contributed by atoms with E-state index in [-0.39, 0.29) is 24.3 Å². The molecule has 6 nitrogen and oxygen atoms in total. The number of anilines is 1. The molecule has 164 valence electrons. The average molecular weight is 448 g/mol. The number of nitrogens with zero attached hydrogens (tertiary/aromatic N) is 1. The first kappa shape index (κ1) is 22.5. The van der Waals surface area contributed by atoms with Crippen LogP contribution in [0.1, 0.15) is 31.1 Å². The fourth-order valence-corrected chi connectivity index (χ4v) is 4.81. The molecule has 2 aromatic rings. The van der Waals surface area contributed by atoms with Gasteiger partial charge in [-0.2, -0.15) is 4.31 Å². The lowest BCUT2D eigenvalue weighted by molar-refractivity contribution is 0.148. The SMILES string of the molecule is O=S(=O)(c1cc(F)cc(C(O)Nc2cc(F)c(F)c(F)c2)c1)N1CCCCC(O)C1. The average Bonchev–Trinajstić information content (AvgIpc) is 2.90. The smallest absolute Gasteiger partial charge is 0.243 e. The van der Waals surface area contributed by atoms with Crippen LogP contribution in [0.2, 0.25) is 0 Å². The van der Waals surface area contributed by atoms with E-state index in [9.17, 15) is 36.2 Å². The molecule has 3 rings (SSSR count). The first-order valence-electron chi connectivity index (χ1n) is 9.16. The highest BCUT2D eigenvalue weighted by atomic mass is 32.2. The second kappa shape index (κ2) is 8.88. The van der Waals surface area contributed by atoms with Crippen molar-refractivity contribution < 1.29 is 36.2 Å². The summed E-state index contributed by atoms with van der Waals surface area (Å²) in [7, 11) is -4.16. The highest BCUT2D eigenvalue weighted by Crippen LogP contribution is 2.26. The second-order valence-corrected chi connectivity index (χ2v) is 8.97. The van der Waals surface area contributed by atoms with Gasteiger partial charge < -0.3 is 15.5 Å². The number of aliphatic hydroxyl groups excluding tert-OH is 2. The van der Waals surface area contributed by atoms with Crippen molar-refractivity contribution in [2.45, 2.75) is 36.5 Å². The Morgan fingerprint density at radius 1 is 1.03 bits per heavy atom. The highest BCUT2D eigenvalue weighted by molar-refractivity contribution is 7.89. The van der Waals surface area contributed by atoms with Gasteiger partial charge in [-0.05, 0) is 37.5 Å². The van der Waals surface area contributed by atoms with Crippen molar-refractivity contribution in [1.82, 2.24) is 4.31 Å². The number of benzene rings is 2. The number of rotatable bonds is 5. The highest BCUT2D eigenvalue weighted by Gasteiger charge is 2.29. The number of aliphatic hydroxyl groups is 2. The fourth-order valence-electron chi connectivity index (χ4n) is 3.22. The number of sulfonamides is 1. The van der Waals surface area contributed by atoms with Gasteiger partial charge in [-0.25, -0.2) is 26.0 Å². The van der Waals surface area contributed by atoms with Gasteiger partial charge in [-0.15, -0.1) is 0 Å². The van der Waals surface area contributed by atoms with Gasteiger partial charge in [0.1, 0.15) is 5.82 Å². The molecular weight excluding hydrogens is 428 g/mol. The minimum atomic E-state index is -4.16. The maximum absolute atomic E-state index is 14.1. The summed E-state index contributed by atoms with van der Waals surface area (Å²) in [5, 5.41) is 22.4. The molecule has 0 aromatic heterocycles. The van der Waals surface area contributed by atoms with E-state index in [1.54, 1.807) is 0 Å². The quantitative estimate of drug-likeness (QED) is 0.372. The zero-order valence-corrected chi connectivity index (χ0v) is 16.5. The lowest BCUT2D eigenvalue weighted by Crippen LogP contribution is -2.36. The van der Waals surface area contributed by atoms with Crippen LogP contribution < -0.4 is 5.32 Å².